The van der Waals surface area contributed by atoms with Gasteiger partial charge in [-0.3, -0.25) is 4.79 Å². The lowest BCUT2D eigenvalue weighted by Gasteiger charge is -2.10. The number of esters is 1. The van der Waals surface area contributed by atoms with Crippen LogP contribution in [-0.2, 0) is 29.0 Å². The highest BCUT2D eigenvalue weighted by molar-refractivity contribution is 5.73. The normalized spacial score (nSPS) is 9.89. The highest BCUT2D eigenvalue weighted by atomic mass is 16.5. The molecular formula is C14H17NO3. The molecule has 0 aliphatic rings. The number of benzene rings is 1. The summed E-state index contributed by atoms with van der Waals surface area (Å²) in [6.45, 7) is 3.93. The molecule has 1 rings (SSSR count). The van der Waals surface area contributed by atoms with Gasteiger partial charge in [-0.25, -0.2) is 0 Å². The fraction of sp³-hybridized carbons (Fsp3) is 0.429. The summed E-state index contributed by atoms with van der Waals surface area (Å²) >= 11 is 0. The Kier molecular flexibility index (Phi) is 5.34. The molecule has 0 unspecified atom stereocenters. The van der Waals surface area contributed by atoms with Crippen LogP contribution in [0, 0.1) is 11.3 Å². The van der Waals surface area contributed by atoms with Crippen LogP contribution in [-0.4, -0.2) is 17.7 Å². The molecule has 0 saturated heterocycles. The van der Waals surface area contributed by atoms with Gasteiger partial charge < -0.3 is 9.84 Å². The number of nitrogens with zero attached hydrogens (tertiary/aromatic N) is 1. The molecule has 0 atom stereocenters. The Morgan fingerprint density at radius 1 is 1.33 bits per heavy atom. The monoisotopic (exact) mass is 247 g/mol. The lowest BCUT2D eigenvalue weighted by molar-refractivity contribution is -0.142. The minimum atomic E-state index is -0.359. The number of hydrogen-bond acceptors (Lipinski definition) is 4. The summed E-state index contributed by atoms with van der Waals surface area (Å²) < 4.78 is 4.86. The standard InChI is InChI=1S/C14H17NO3/c1-3-10-5-12(8-15)11(6-13(10)9-16)7-14(17)18-4-2/h5-6,16H,3-4,7,9H2,1-2H3. The molecule has 0 fully saturated rings. The summed E-state index contributed by atoms with van der Waals surface area (Å²) in [4.78, 5) is 11.4. The first-order chi connectivity index (χ1) is 8.65. The number of ether oxygens (including phenoxy) is 1. The Bertz CT molecular complexity index is 475. The molecule has 0 aliphatic carbocycles. The van der Waals surface area contributed by atoms with E-state index in [1.807, 2.05) is 6.92 Å². The number of aliphatic hydroxyl groups is 1. The predicted molar refractivity (Wildman–Crippen MR) is 66.8 cm³/mol. The van der Waals surface area contributed by atoms with E-state index >= 15 is 0 Å². The van der Waals surface area contributed by atoms with Crippen LogP contribution in [0.1, 0.15) is 36.1 Å². The first kappa shape index (κ1) is 14.2. The molecule has 96 valence electrons. The van der Waals surface area contributed by atoms with Crippen molar-refractivity contribution in [1.82, 2.24) is 0 Å². The van der Waals surface area contributed by atoms with E-state index in [0.717, 1.165) is 17.5 Å². The third-order valence-corrected chi connectivity index (χ3v) is 2.74. The van der Waals surface area contributed by atoms with Gasteiger partial charge in [-0.15, -0.1) is 0 Å². The predicted octanol–water partition coefficient (Wildman–Crippen LogP) is 1.72. The van der Waals surface area contributed by atoms with Gasteiger partial charge in [0, 0.05) is 0 Å². The Morgan fingerprint density at radius 2 is 2.06 bits per heavy atom. The maximum Gasteiger partial charge on any atom is 0.310 e. The van der Waals surface area contributed by atoms with E-state index in [2.05, 4.69) is 6.07 Å². The van der Waals surface area contributed by atoms with Gasteiger partial charge in [-0.2, -0.15) is 5.26 Å². The summed E-state index contributed by atoms with van der Waals surface area (Å²) in [7, 11) is 0. The van der Waals surface area contributed by atoms with Crippen LogP contribution >= 0.6 is 0 Å². The van der Waals surface area contributed by atoms with Gasteiger partial charge >= 0.3 is 5.97 Å². The van der Waals surface area contributed by atoms with Crippen LogP contribution < -0.4 is 0 Å². The fourth-order valence-electron chi connectivity index (χ4n) is 1.83. The van der Waals surface area contributed by atoms with Crippen molar-refractivity contribution in [3.05, 3.63) is 34.4 Å². The lowest BCUT2D eigenvalue weighted by Crippen LogP contribution is -2.10. The highest BCUT2D eigenvalue weighted by Crippen LogP contribution is 2.18. The van der Waals surface area contributed by atoms with Crippen molar-refractivity contribution < 1.29 is 14.6 Å². The Labute approximate surface area is 107 Å². The van der Waals surface area contributed by atoms with Crippen molar-refractivity contribution in [2.45, 2.75) is 33.3 Å². The van der Waals surface area contributed by atoms with Crippen LogP contribution in [0.4, 0.5) is 0 Å². The maximum atomic E-state index is 11.4. The number of carbonyl (C=O) groups excluding carboxylic acids is 1. The minimum absolute atomic E-state index is 0.0632. The molecule has 0 bridgehead atoms. The molecular weight excluding hydrogens is 230 g/mol. The van der Waals surface area contributed by atoms with Crippen molar-refractivity contribution in [3.8, 4) is 6.07 Å². The number of rotatable bonds is 5. The van der Waals surface area contributed by atoms with Crippen LogP contribution in [0.2, 0.25) is 0 Å². The second-order valence-corrected chi connectivity index (χ2v) is 3.88. The molecule has 1 N–H and O–H groups in total. The van der Waals surface area contributed by atoms with Gasteiger partial charge in [-0.1, -0.05) is 13.0 Å². The van der Waals surface area contributed by atoms with Gasteiger partial charge in [0.05, 0.1) is 31.3 Å². The summed E-state index contributed by atoms with van der Waals surface area (Å²) in [5.74, 6) is -0.359. The van der Waals surface area contributed by atoms with Crippen molar-refractivity contribution >= 4 is 5.97 Å². The number of nitriles is 1. The Balaban J connectivity index is 3.10. The van der Waals surface area contributed by atoms with Gasteiger partial charge in [-0.05, 0) is 36.1 Å². The first-order valence-electron chi connectivity index (χ1n) is 5.97. The molecule has 18 heavy (non-hydrogen) atoms. The zero-order valence-electron chi connectivity index (χ0n) is 10.7. The molecule has 0 aliphatic heterocycles. The highest BCUT2D eigenvalue weighted by Gasteiger charge is 2.12. The van der Waals surface area contributed by atoms with Crippen LogP contribution in [0.3, 0.4) is 0 Å². The average Bonchev–Trinajstić information content (AvgIpc) is 2.38. The zero-order chi connectivity index (χ0) is 13.5. The summed E-state index contributed by atoms with van der Waals surface area (Å²) in [5, 5.41) is 18.4. The lowest BCUT2D eigenvalue weighted by atomic mass is 9.96. The molecule has 4 nitrogen and oxygen atoms in total. The number of aryl methyl sites for hydroxylation is 1. The van der Waals surface area contributed by atoms with E-state index in [-0.39, 0.29) is 19.0 Å². The van der Waals surface area contributed by atoms with Crippen LogP contribution in [0.15, 0.2) is 12.1 Å². The summed E-state index contributed by atoms with van der Waals surface area (Å²) in [5.41, 5.74) is 2.77. The second kappa shape index (κ2) is 6.77. The van der Waals surface area contributed by atoms with Gasteiger partial charge in [0.25, 0.3) is 0 Å². The van der Waals surface area contributed by atoms with E-state index in [0.29, 0.717) is 17.7 Å². The molecule has 0 heterocycles. The minimum Gasteiger partial charge on any atom is -0.466 e. The smallest absolute Gasteiger partial charge is 0.310 e. The molecule has 1 aromatic carbocycles. The van der Waals surface area contributed by atoms with Gasteiger partial charge in [0.2, 0.25) is 0 Å². The molecule has 0 saturated carbocycles. The maximum absolute atomic E-state index is 11.4. The van der Waals surface area contributed by atoms with Gasteiger partial charge in [0.15, 0.2) is 0 Å². The van der Waals surface area contributed by atoms with Crippen molar-refractivity contribution in [3.63, 3.8) is 0 Å². The van der Waals surface area contributed by atoms with Crippen molar-refractivity contribution in [2.75, 3.05) is 6.61 Å². The molecule has 0 amide bonds. The SMILES string of the molecule is CCOC(=O)Cc1cc(CO)c(CC)cc1C#N. The third kappa shape index (κ3) is 3.31. The largest absolute Gasteiger partial charge is 0.466 e. The van der Waals surface area contributed by atoms with E-state index in [4.69, 9.17) is 10.00 Å². The topological polar surface area (TPSA) is 70.3 Å². The summed E-state index contributed by atoms with van der Waals surface area (Å²) in [6.07, 6.45) is 0.804. The summed E-state index contributed by atoms with van der Waals surface area (Å²) in [6, 6.07) is 5.53. The van der Waals surface area contributed by atoms with Crippen LogP contribution in [0.25, 0.3) is 0 Å². The molecule has 1 aromatic rings. The first-order valence-corrected chi connectivity index (χ1v) is 5.97. The van der Waals surface area contributed by atoms with E-state index in [1.165, 1.54) is 0 Å². The van der Waals surface area contributed by atoms with Crippen LogP contribution in [0.5, 0.6) is 0 Å². The fourth-order valence-corrected chi connectivity index (χ4v) is 1.83. The molecule has 0 spiro atoms. The average molecular weight is 247 g/mol. The quantitative estimate of drug-likeness (QED) is 0.804. The second-order valence-electron chi connectivity index (χ2n) is 3.88. The third-order valence-electron chi connectivity index (χ3n) is 2.74. The Hall–Kier alpha value is -1.86. The van der Waals surface area contributed by atoms with Crippen molar-refractivity contribution in [1.29, 1.82) is 5.26 Å². The number of aliphatic hydroxyl groups excluding tert-OH is 1. The zero-order valence-corrected chi connectivity index (χ0v) is 10.7. The van der Waals surface area contributed by atoms with E-state index < -0.39 is 0 Å². The van der Waals surface area contributed by atoms with E-state index in [9.17, 15) is 9.90 Å². The number of hydrogen-bond donors (Lipinski definition) is 1. The van der Waals surface area contributed by atoms with Gasteiger partial charge in [0.1, 0.15) is 0 Å². The molecule has 0 aromatic heterocycles. The molecule has 4 heteroatoms. The van der Waals surface area contributed by atoms with E-state index in [1.54, 1.807) is 19.1 Å². The van der Waals surface area contributed by atoms with Crippen molar-refractivity contribution in [2.24, 2.45) is 0 Å². The number of carbonyl (C=O) groups is 1. The molecule has 0 radical (unpaired) electrons. The Morgan fingerprint density at radius 3 is 2.56 bits per heavy atom.